The normalized spacial score (nSPS) is 10.6. The van der Waals surface area contributed by atoms with E-state index in [1.54, 1.807) is 23.0 Å². The lowest BCUT2D eigenvalue weighted by molar-refractivity contribution is 0.0955. The summed E-state index contributed by atoms with van der Waals surface area (Å²) < 4.78 is 1.72. The van der Waals surface area contributed by atoms with Gasteiger partial charge in [-0.2, -0.15) is 4.98 Å². The second kappa shape index (κ2) is 8.51. The molecular weight excluding hydrogens is 354 g/mol. The number of hydrogen-bond acceptors (Lipinski definition) is 6. The highest BCUT2D eigenvalue weighted by molar-refractivity contribution is 5.95. The highest BCUT2D eigenvalue weighted by Crippen LogP contribution is 2.19. The summed E-state index contributed by atoms with van der Waals surface area (Å²) >= 11 is 0. The van der Waals surface area contributed by atoms with Gasteiger partial charge in [0, 0.05) is 51.6 Å². The molecule has 0 aliphatic rings. The number of amides is 1. The molecule has 0 bridgehead atoms. The number of benzene rings is 1. The Bertz CT molecular complexity index is 965. The van der Waals surface area contributed by atoms with Crippen molar-refractivity contribution in [2.24, 2.45) is 7.05 Å². The Hall–Kier alpha value is -3.42. The van der Waals surface area contributed by atoms with Crippen molar-refractivity contribution >= 4 is 17.7 Å². The summed E-state index contributed by atoms with van der Waals surface area (Å²) in [5.74, 6) is 2.04. The number of anilines is 2. The number of hydrogen-bond donors (Lipinski definition) is 2. The van der Waals surface area contributed by atoms with Crippen LogP contribution in [-0.2, 0) is 7.05 Å². The van der Waals surface area contributed by atoms with Gasteiger partial charge in [0.2, 0.25) is 5.95 Å². The monoisotopic (exact) mass is 379 g/mol. The van der Waals surface area contributed by atoms with E-state index in [0.717, 1.165) is 22.9 Å². The molecule has 1 amide bonds. The maximum absolute atomic E-state index is 12.5. The first-order chi connectivity index (χ1) is 13.5. The number of rotatable bonds is 7. The molecule has 0 radical (unpaired) electrons. The zero-order valence-corrected chi connectivity index (χ0v) is 16.6. The van der Waals surface area contributed by atoms with Crippen molar-refractivity contribution in [2.75, 3.05) is 37.4 Å². The number of aryl methyl sites for hydroxylation is 2. The summed E-state index contributed by atoms with van der Waals surface area (Å²) in [5, 5.41) is 10.6. The lowest BCUT2D eigenvalue weighted by Crippen LogP contribution is -2.29. The Kier molecular flexibility index (Phi) is 5.88. The fraction of sp³-hybridized carbons (Fsp3) is 0.300. The Morgan fingerprint density at radius 2 is 2.00 bits per heavy atom. The third-order valence-corrected chi connectivity index (χ3v) is 4.24. The van der Waals surface area contributed by atoms with E-state index in [9.17, 15) is 4.79 Å². The maximum atomic E-state index is 12.5. The molecule has 8 heteroatoms. The quantitative estimate of drug-likeness (QED) is 0.611. The van der Waals surface area contributed by atoms with Crippen molar-refractivity contribution < 1.29 is 4.79 Å². The number of nitrogens with one attached hydrogen (secondary N) is 2. The van der Waals surface area contributed by atoms with Gasteiger partial charge < -0.3 is 15.5 Å². The number of carbonyl (C=O) groups excluding carboxylic acids is 1. The zero-order chi connectivity index (χ0) is 20.1. The van der Waals surface area contributed by atoms with Gasteiger partial charge in [-0.05, 0) is 30.7 Å². The maximum Gasteiger partial charge on any atom is 0.251 e. The summed E-state index contributed by atoms with van der Waals surface area (Å²) in [7, 11) is 5.68. The van der Waals surface area contributed by atoms with Crippen LogP contribution in [0.25, 0.3) is 11.4 Å². The minimum Gasteiger partial charge on any atom is -0.368 e. The molecule has 2 aromatic heterocycles. The van der Waals surface area contributed by atoms with Gasteiger partial charge in [-0.25, -0.2) is 9.67 Å². The first-order valence-corrected chi connectivity index (χ1v) is 9.08. The van der Waals surface area contributed by atoms with Crippen molar-refractivity contribution in [1.29, 1.82) is 0 Å². The Morgan fingerprint density at radius 3 is 2.71 bits per heavy atom. The van der Waals surface area contributed by atoms with Crippen molar-refractivity contribution in [1.82, 2.24) is 25.1 Å². The van der Waals surface area contributed by atoms with Crippen LogP contribution in [0.3, 0.4) is 0 Å². The number of carbonyl (C=O) groups is 1. The van der Waals surface area contributed by atoms with E-state index < -0.39 is 0 Å². The third-order valence-electron chi connectivity index (χ3n) is 4.24. The Balaban J connectivity index is 1.61. The van der Waals surface area contributed by atoms with Crippen LogP contribution in [0.1, 0.15) is 15.9 Å². The van der Waals surface area contributed by atoms with Crippen LogP contribution >= 0.6 is 0 Å². The predicted octanol–water partition coefficient (Wildman–Crippen LogP) is 2.09. The Morgan fingerprint density at radius 1 is 1.18 bits per heavy atom. The zero-order valence-electron chi connectivity index (χ0n) is 16.6. The molecule has 28 heavy (non-hydrogen) atoms. The fourth-order valence-electron chi connectivity index (χ4n) is 2.82. The molecule has 8 nitrogen and oxygen atoms in total. The fourth-order valence-corrected chi connectivity index (χ4v) is 2.82. The number of aromatic nitrogens is 4. The van der Waals surface area contributed by atoms with Crippen LogP contribution in [0.15, 0.2) is 42.6 Å². The summed E-state index contributed by atoms with van der Waals surface area (Å²) in [6.07, 6.45) is 1.74. The predicted molar refractivity (Wildman–Crippen MR) is 111 cm³/mol. The molecular formula is C20H25N7O. The molecule has 0 saturated heterocycles. The van der Waals surface area contributed by atoms with Gasteiger partial charge in [0.05, 0.1) is 0 Å². The van der Waals surface area contributed by atoms with Crippen LogP contribution in [0.4, 0.5) is 11.8 Å². The molecule has 0 spiro atoms. The van der Waals surface area contributed by atoms with E-state index in [-0.39, 0.29) is 5.91 Å². The molecule has 3 aromatic rings. The van der Waals surface area contributed by atoms with E-state index >= 15 is 0 Å². The van der Waals surface area contributed by atoms with Crippen molar-refractivity contribution in [2.45, 2.75) is 6.92 Å². The summed E-state index contributed by atoms with van der Waals surface area (Å²) in [5.41, 5.74) is 2.45. The molecule has 2 heterocycles. The molecule has 1 aromatic carbocycles. The van der Waals surface area contributed by atoms with Crippen LogP contribution < -0.4 is 15.5 Å². The summed E-state index contributed by atoms with van der Waals surface area (Å²) in [6, 6.07) is 11.2. The molecule has 0 atom stereocenters. The lowest BCUT2D eigenvalue weighted by atomic mass is 10.1. The molecule has 0 fully saturated rings. The average Bonchev–Trinajstić information content (AvgIpc) is 3.08. The van der Waals surface area contributed by atoms with Crippen LogP contribution in [0.2, 0.25) is 0 Å². The Labute approximate surface area is 164 Å². The van der Waals surface area contributed by atoms with Crippen molar-refractivity contribution in [3.05, 3.63) is 53.7 Å². The first kappa shape index (κ1) is 19.3. The summed E-state index contributed by atoms with van der Waals surface area (Å²) in [4.78, 5) is 23.2. The SMILES string of the molecule is Cc1cccnc1NCCNC(=O)c1cccc(-c2nc(N(C)C)n(C)n2)c1. The van der Waals surface area contributed by atoms with Gasteiger partial charge >= 0.3 is 0 Å². The van der Waals surface area contributed by atoms with Crippen LogP contribution in [-0.4, -0.2) is 52.8 Å². The number of pyridine rings is 1. The van der Waals surface area contributed by atoms with E-state index in [0.29, 0.717) is 24.5 Å². The van der Waals surface area contributed by atoms with Crippen molar-refractivity contribution in [3.63, 3.8) is 0 Å². The molecule has 0 saturated carbocycles. The minimum atomic E-state index is -0.134. The van der Waals surface area contributed by atoms with Crippen LogP contribution in [0.5, 0.6) is 0 Å². The molecule has 2 N–H and O–H groups in total. The first-order valence-electron chi connectivity index (χ1n) is 9.08. The molecule has 3 rings (SSSR count). The largest absolute Gasteiger partial charge is 0.368 e. The minimum absolute atomic E-state index is 0.134. The van der Waals surface area contributed by atoms with Gasteiger partial charge in [-0.15, -0.1) is 5.10 Å². The van der Waals surface area contributed by atoms with E-state index in [4.69, 9.17) is 0 Å². The molecule has 146 valence electrons. The molecule has 0 aliphatic carbocycles. The van der Waals surface area contributed by atoms with E-state index in [1.165, 1.54) is 0 Å². The van der Waals surface area contributed by atoms with Gasteiger partial charge in [-0.3, -0.25) is 4.79 Å². The van der Waals surface area contributed by atoms with Gasteiger partial charge in [0.25, 0.3) is 5.91 Å². The molecule has 0 unspecified atom stereocenters. The van der Waals surface area contributed by atoms with Gasteiger partial charge in [-0.1, -0.05) is 18.2 Å². The van der Waals surface area contributed by atoms with Crippen molar-refractivity contribution in [3.8, 4) is 11.4 Å². The second-order valence-electron chi connectivity index (χ2n) is 6.69. The number of nitrogens with zero attached hydrogens (tertiary/aromatic N) is 5. The van der Waals surface area contributed by atoms with Crippen LogP contribution in [0, 0.1) is 6.92 Å². The second-order valence-corrected chi connectivity index (χ2v) is 6.69. The molecule has 0 aliphatic heterocycles. The third kappa shape index (κ3) is 4.46. The average molecular weight is 379 g/mol. The van der Waals surface area contributed by atoms with Gasteiger partial charge in [0.1, 0.15) is 5.82 Å². The smallest absolute Gasteiger partial charge is 0.251 e. The highest BCUT2D eigenvalue weighted by Gasteiger charge is 2.13. The highest BCUT2D eigenvalue weighted by atomic mass is 16.1. The van der Waals surface area contributed by atoms with E-state index in [2.05, 4.69) is 25.7 Å². The lowest BCUT2D eigenvalue weighted by Gasteiger charge is -2.09. The van der Waals surface area contributed by atoms with Gasteiger partial charge in [0.15, 0.2) is 5.82 Å². The standard InChI is InChI=1S/C20H25N7O/c1-14-7-6-10-21-17(14)22-11-12-23-19(28)16-9-5-8-15(13-16)18-24-20(26(2)3)27(4)25-18/h5-10,13H,11-12H2,1-4H3,(H,21,22)(H,23,28). The van der Waals surface area contributed by atoms with E-state index in [1.807, 2.05) is 57.2 Å². The topological polar surface area (TPSA) is 88.0 Å². The summed E-state index contributed by atoms with van der Waals surface area (Å²) in [6.45, 7) is 3.08.